The summed E-state index contributed by atoms with van der Waals surface area (Å²) in [5.74, 6) is 1.42. The van der Waals surface area contributed by atoms with Crippen molar-refractivity contribution in [1.82, 2.24) is 4.98 Å². The summed E-state index contributed by atoms with van der Waals surface area (Å²) in [6.45, 7) is 0. The van der Waals surface area contributed by atoms with Gasteiger partial charge in [-0.25, -0.2) is 9.78 Å². The van der Waals surface area contributed by atoms with Gasteiger partial charge in [0.2, 0.25) is 5.75 Å². The maximum atomic E-state index is 12.5. The zero-order valence-electron chi connectivity index (χ0n) is 17.5. The first-order valence-corrected chi connectivity index (χ1v) is 10.4. The first-order chi connectivity index (χ1) is 15.6. The minimum atomic E-state index is -0.479. The fourth-order valence-electron chi connectivity index (χ4n) is 3.25. The molecule has 0 amide bonds. The number of hydrogen-bond acceptors (Lipinski definition) is 8. The van der Waals surface area contributed by atoms with Crippen molar-refractivity contribution in [3.8, 4) is 34.6 Å². The standard InChI is InChI=1S/C24H18N2O5S/c1-28-20-9-14(10-21(29-2)22(20)30-3)8-16(12-25)23-26-18(13-32-23)17-11-15-6-4-5-7-19(15)31-24(17)27/h4-11,13H,1-3H3. The predicted octanol–water partition coefficient (Wildman–Crippen LogP) is 5.01. The van der Waals surface area contributed by atoms with Crippen LogP contribution in [0.2, 0.25) is 0 Å². The summed E-state index contributed by atoms with van der Waals surface area (Å²) in [7, 11) is 4.58. The molecule has 2 aromatic heterocycles. The van der Waals surface area contributed by atoms with E-state index in [4.69, 9.17) is 18.6 Å². The molecule has 2 aromatic carbocycles. The number of allylic oxidation sites excluding steroid dienone is 1. The minimum absolute atomic E-state index is 0.334. The van der Waals surface area contributed by atoms with E-state index in [9.17, 15) is 10.1 Å². The highest BCUT2D eigenvalue weighted by molar-refractivity contribution is 7.11. The van der Waals surface area contributed by atoms with Crippen LogP contribution in [0.1, 0.15) is 10.6 Å². The zero-order chi connectivity index (χ0) is 22.7. The summed E-state index contributed by atoms with van der Waals surface area (Å²) in [4.78, 5) is 17.0. The molecular weight excluding hydrogens is 428 g/mol. The van der Waals surface area contributed by atoms with Crippen LogP contribution in [0.15, 0.2) is 57.1 Å². The average Bonchev–Trinajstić information content (AvgIpc) is 3.31. The number of aromatic nitrogens is 1. The first kappa shape index (κ1) is 21.2. The SMILES string of the molecule is COc1cc(C=C(C#N)c2nc(-c3cc4ccccc4oc3=O)cs2)cc(OC)c1OC. The van der Waals surface area contributed by atoms with Crippen LogP contribution in [-0.4, -0.2) is 26.3 Å². The molecule has 7 nitrogen and oxygen atoms in total. The van der Waals surface area contributed by atoms with E-state index in [1.807, 2.05) is 12.1 Å². The summed E-state index contributed by atoms with van der Waals surface area (Å²) in [6.07, 6.45) is 1.68. The van der Waals surface area contributed by atoms with Gasteiger partial charge in [-0.1, -0.05) is 18.2 Å². The molecule has 4 rings (SSSR count). The van der Waals surface area contributed by atoms with E-state index in [2.05, 4.69) is 11.1 Å². The van der Waals surface area contributed by atoms with Crippen LogP contribution in [0.25, 0.3) is 33.9 Å². The van der Waals surface area contributed by atoms with Gasteiger partial charge in [0.05, 0.1) is 38.2 Å². The Labute approximate surface area is 187 Å². The van der Waals surface area contributed by atoms with Gasteiger partial charge < -0.3 is 18.6 Å². The molecule has 0 saturated heterocycles. The third kappa shape index (κ3) is 3.94. The lowest BCUT2D eigenvalue weighted by molar-refractivity contribution is 0.324. The normalized spacial score (nSPS) is 11.2. The van der Waals surface area contributed by atoms with Gasteiger partial charge in [0, 0.05) is 10.8 Å². The molecule has 0 N–H and O–H groups in total. The monoisotopic (exact) mass is 446 g/mol. The predicted molar refractivity (Wildman–Crippen MR) is 123 cm³/mol. The van der Waals surface area contributed by atoms with Gasteiger partial charge in [0.25, 0.3) is 0 Å². The number of fused-ring (bicyclic) bond motifs is 1. The maximum absolute atomic E-state index is 12.5. The second-order valence-electron chi connectivity index (χ2n) is 6.65. The molecule has 0 atom stereocenters. The van der Waals surface area contributed by atoms with Crippen molar-refractivity contribution >= 4 is 34.0 Å². The van der Waals surface area contributed by atoms with E-state index in [0.29, 0.717) is 50.2 Å². The molecule has 2 heterocycles. The second-order valence-corrected chi connectivity index (χ2v) is 7.51. The molecule has 0 fully saturated rings. The van der Waals surface area contributed by atoms with E-state index in [-0.39, 0.29) is 0 Å². The Hall–Kier alpha value is -4.09. The van der Waals surface area contributed by atoms with Crippen molar-refractivity contribution in [3.63, 3.8) is 0 Å². The summed E-state index contributed by atoms with van der Waals surface area (Å²) in [5, 5.41) is 12.8. The Morgan fingerprint density at radius 1 is 1.09 bits per heavy atom. The molecule has 32 heavy (non-hydrogen) atoms. The van der Waals surface area contributed by atoms with E-state index in [0.717, 1.165) is 5.39 Å². The third-order valence-corrected chi connectivity index (χ3v) is 5.65. The zero-order valence-corrected chi connectivity index (χ0v) is 18.4. The van der Waals surface area contributed by atoms with Gasteiger partial charge in [0.1, 0.15) is 16.7 Å². The van der Waals surface area contributed by atoms with Crippen molar-refractivity contribution in [1.29, 1.82) is 5.26 Å². The lowest BCUT2D eigenvalue weighted by Crippen LogP contribution is -2.02. The summed E-state index contributed by atoms with van der Waals surface area (Å²) in [6, 6.07) is 14.7. The average molecular weight is 446 g/mol. The number of hydrogen-bond donors (Lipinski definition) is 0. The van der Waals surface area contributed by atoms with Gasteiger partial charge in [-0.05, 0) is 35.9 Å². The van der Waals surface area contributed by atoms with E-state index >= 15 is 0 Å². The minimum Gasteiger partial charge on any atom is -0.493 e. The quantitative estimate of drug-likeness (QED) is 0.304. The van der Waals surface area contributed by atoms with Crippen LogP contribution in [0.3, 0.4) is 0 Å². The molecule has 0 aliphatic heterocycles. The number of benzene rings is 2. The molecule has 0 radical (unpaired) electrons. The maximum Gasteiger partial charge on any atom is 0.345 e. The van der Waals surface area contributed by atoms with Crippen molar-refractivity contribution in [2.45, 2.75) is 0 Å². The van der Waals surface area contributed by atoms with Crippen molar-refractivity contribution in [2.75, 3.05) is 21.3 Å². The second kappa shape index (κ2) is 8.96. The molecule has 8 heteroatoms. The molecule has 4 aromatic rings. The third-order valence-electron chi connectivity index (χ3n) is 4.77. The molecule has 0 aliphatic rings. The molecular formula is C24H18N2O5S. The number of para-hydroxylation sites is 1. The van der Waals surface area contributed by atoms with Gasteiger partial charge in [-0.2, -0.15) is 5.26 Å². The number of nitriles is 1. The van der Waals surface area contributed by atoms with Gasteiger partial charge in [0.15, 0.2) is 11.5 Å². The van der Waals surface area contributed by atoms with Gasteiger partial charge in [-0.3, -0.25) is 0 Å². The number of methoxy groups -OCH3 is 3. The smallest absolute Gasteiger partial charge is 0.345 e. The lowest BCUT2D eigenvalue weighted by atomic mass is 10.1. The Kier molecular flexibility index (Phi) is 5.92. The molecule has 0 spiro atoms. The summed E-state index contributed by atoms with van der Waals surface area (Å²) in [5.41, 5.74) is 1.84. The molecule has 0 unspecified atom stereocenters. The Morgan fingerprint density at radius 2 is 1.81 bits per heavy atom. The Morgan fingerprint density at radius 3 is 2.47 bits per heavy atom. The largest absolute Gasteiger partial charge is 0.493 e. The highest BCUT2D eigenvalue weighted by atomic mass is 32.1. The van der Waals surface area contributed by atoms with E-state index in [1.54, 1.807) is 41.8 Å². The summed E-state index contributed by atoms with van der Waals surface area (Å²) < 4.78 is 21.5. The van der Waals surface area contributed by atoms with Crippen LogP contribution >= 0.6 is 11.3 Å². The van der Waals surface area contributed by atoms with Gasteiger partial charge in [-0.15, -0.1) is 11.3 Å². The van der Waals surface area contributed by atoms with Crippen LogP contribution in [-0.2, 0) is 0 Å². The molecule has 0 aliphatic carbocycles. The fourth-order valence-corrected chi connectivity index (χ4v) is 4.04. The van der Waals surface area contributed by atoms with Crippen LogP contribution in [0, 0.1) is 11.3 Å². The number of thiazole rings is 1. The van der Waals surface area contributed by atoms with E-state index < -0.39 is 5.63 Å². The van der Waals surface area contributed by atoms with Crippen LogP contribution < -0.4 is 19.8 Å². The number of ether oxygens (including phenoxy) is 3. The fraction of sp³-hybridized carbons (Fsp3) is 0.125. The van der Waals surface area contributed by atoms with Crippen molar-refractivity contribution < 1.29 is 18.6 Å². The van der Waals surface area contributed by atoms with E-state index in [1.165, 1.54) is 32.7 Å². The number of nitrogens with zero attached hydrogens (tertiary/aromatic N) is 2. The van der Waals surface area contributed by atoms with Gasteiger partial charge >= 0.3 is 5.63 Å². The van der Waals surface area contributed by atoms with Crippen LogP contribution in [0.5, 0.6) is 17.2 Å². The summed E-state index contributed by atoms with van der Waals surface area (Å²) >= 11 is 1.27. The Balaban J connectivity index is 1.75. The first-order valence-electron chi connectivity index (χ1n) is 9.49. The number of rotatable bonds is 6. The highest BCUT2D eigenvalue weighted by Gasteiger charge is 2.16. The molecule has 160 valence electrons. The van der Waals surface area contributed by atoms with Crippen LogP contribution in [0.4, 0.5) is 0 Å². The highest BCUT2D eigenvalue weighted by Crippen LogP contribution is 2.39. The topological polar surface area (TPSA) is 94.6 Å². The Bertz CT molecular complexity index is 1400. The van der Waals surface area contributed by atoms with Crippen molar-refractivity contribution in [2.24, 2.45) is 0 Å². The lowest BCUT2D eigenvalue weighted by Gasteiger charge is -2.13. The molecule has 0 bridgehead atoms. The van der Waals surface area contributed by atoms with Crippen molar-refractivity contribution in [3.05, 3.63) is 68.8 Å². The molecule has 0 saturated carbocycles.